The van der Waals surface area contributed by atoms with Crippen molar-refractivity contribution in [1.82, 2.24) is 10.3 Å². The summed E-state index contributed by atoms with van der Waals surface area (Å²) < 4.78 is 0. The summed E-state index contributed by atoms with van der Waals surface area (Å²) in [6.07, 6.45) is 4.30. The Morgan fingerprint density at radius 1 is 1.62 bits per heavy atom. The molecule has 0 spiro atoms. The first-order chi connectivity index (χ1) is 7.90. The van der Waals surface area contributed by atoms with Gasteiger partial charge in [-0.05, 0) is 44.0 Å². The third-order valence-electron chi connectivity index (χ3n) is 2.75. The Labute approximate surface area is 100 Å². The van der Waals surface area contributed by atoms with Crippen molar-refractivity contribution < 1.29 is 0 Å². The molecule has 0 aliphatic carbocycles. The van der Waals surface area contributed by atoms with Gasteiger partial charge in [-0.2, -0.15) is 5.26 Å². The van der Waals surface area contributed by atoms with Crippen LogP contribution >= 0.6 is 11.8 Å². The van der Waals surface area contributed by atoms with E-state index in [2.05, 4.69) is 16.4 Å². The van der Waals surface area contributed by atoms with Crippen molar-refractivity contribution in [2.45, 2.75) is 17.9 Å². The number of aromatic nitrogens is 1. The minimum atomic E-state index is 0.691. The van der Waals surface area contributed by atoms with Crippen LogP contribution < -0.4 is 5.32 Å². The zero-order chi connectivity index (χ0) is 11.2. The van der Waals surface area contributed by atoms with Gasteiger partial charge in [0.15, 0.2) is 0 Å². The summed E-state index contributed by atoms with van der Waals surface area (Å²) >= 11 is 1.70. The van der Waals surface area contributed by atoms with E-state index in [-0.39, 0.29) is 0 Å². The van der Waals surface area contributed by atoms with E-state index in [1.807, 2.05) is 12.1 Å². The van der Waals surface area contributed by atoms with Crippen molar-refractivity contribution in [3.63, 3.8) is 0 Å². The highest BCUT2D eigenvalue weighted by Crippen LogP contribution is 2.24. The Hall–Kier alpha value is -1.05. The van der Waals surface area contributed by atoms with Crippen LogP contribution in [-0.4, -0.2) is 23.8 Å². The molecule has 1 aliphatic heterocycles. The number of rotatable bonds is 3. The minimum absolute atomic E-state index is 0.691. The van der Waals surface area contributed by atoms with Crippen LogP contribution in [0.4, 0.5) is 0 Å². The van der Waals surface area contributed by atoms with Gasteiger partial charge in [0, 0.05) is 11.9 Å². The minimum Gasteiger partial charge on any atom is -0.316 e. The lowest BCUT2D eigenvalue weighted by atomic mass is 10.0. The maximum absolute atomic E-state index is 8.94. The van der Waals surface area contributed by atoms with Gasteiger partial charge in [0.1, 0.15) is 11.1 Å². The fourth-order valence-corrected chi connectivity index (χ4v) is 2.94. The van der Waals surface area contributed by atoms with Crippen molar-refractivity contribution in [1.29, 1.82) is 5.26 Å². The fraction of sp³-hybridized carbons (Fsp3) is 0.500. The molecule has 2 rings (SSSR count). The van der Waals surface area contributed by atoms with Crippen molar-refractivity contribution in [3.8, 4) is 6.07 Å². The number of thioether (sulfide) groups is 1. The number of pyridine rings is 1. The van der Waals surface area contributed by atoms with E-state index in [0.717, 1.165) is 23.9 Å². The molecule has 16 heavy (non-hydrogen) atoms. The van der Waals surface area contributed by atoms with Crippen molar-refractivity contribution in [2.75, 3.05) is 18.8 Å². The highest BCUT2D eigenvalue weighted by atomic mass is 32.2. The SMILES string of the molecule is N#Cc1cccnc1SC[C@H]1CCCNC1. The molecule has 3 nitrogen and oxygen atoms in total. The second kappa shape index (κ2) is 5.88. The second-order valence-corrected chi connectivity index (χ2v) is 5.00. The molecule has 1 aromatic rings. The Kier molecular flexibility index (Phi) is 4.20. The molecule has 0 aromatic carbocycles. The molecule has 1 N–H and O–H groups in total. The zero-order valence-electron chi connectivity index (χ0n) is 9.15. The summed E-state index contributed by atoms with van der Waals surface area (Å²) in [5.41, 5.74) is 0.691. The third-order valence-corrected chi connectivity index (χ3v) is 3.98. The van der Waals surface area contributed by atoms with Gasteiger partial charge in [0.25, 0.3) is 0 Å². The summed E-state index contributed by atoms with van der Waals surface area (Å²) in [7, 11) is 0. The van der Waals surface area contributed by atoms with Gasteiger partial charge < -0.3 is 5.32 Å². The van der Waals surface area contributed by atoms with Gasteiger partial charge in [-0.3, -0.25) is 0 Å². The predicted octanol–water partition coefficient (Wildman–Crippen LogP) is 2.04. The van der Waals surface area contributed by atoms with Gasteiger partial charge >= 0.3 is 0 Å². The average molecular weight is 233 g/mol. The molecule has 1 atom stereocenters. The summed E-state index contributed by atoms with van der Waals surface area (Å²) in [5.74, 6) is 1.77. The van der Waals surface area contributed by atoms with Crippen LogP contribution in [0.1, 0.15) is 18.4 Å². The molecule has 0 bridgehead atoms. The lowest BCUT2D eigenvalue weighted by Crippen LogP contribution is -2.30. The average Bonchev–Trinajstić information content (AvgIpc) is 2.38. The Morgan fingerprint density at radius 2 is 2.56 bits per heavy atom. The summed E-state index contributed by atoms with van der Waals surface area (Å²) in [4.78, 5) is 4.25. The normalized spacial score (nSPS) is 20.3. The van der Waals surface area contributed by atoms with Gasteiger partial charge in [0.05, 0.1) is 5.56 Å². The van der Waals surface area contributed by atoms with E-state index in [1.165, 1.54) is 12.8 Å². The number of nitriles is 1. The first kappa shape index (κ1) is 11.4. The van der Waals surface area contributed by atoms with Crippen LogP contribution in [0.3, 0.4) is 0 Å². The number of nitrogens with zero attached hydrogens (tertiary/aromatic N) is 2. The summed E-state index contributed by atoms with van der Waals surface area (Å²) in [5, 5.41) is 13.2. The molecule has 1 aromatic heterocycles. The molecule has 1 saturated heterocycles. The van der Waals surface area contributed by atoms with E-state index in [0.29, 0.717) is 11.5 Å². The topological polar surface area (TPSA) is 48.7 Å². The van der Waals surface area contributed by atoms with Crippen LogP contribution in [0, 0.1) is 17.2 Å². The molecule has 2 heterocycles. The van der Waals surface area contributed by atoms with Gasteiger partial charge in [-0.1, -0.05) is 0 Å². The molecule has 0 unspecified atom stereocenters. The van der Waals surface area contributed by atoms with E-state index >= 15 is 0 Å². The monoisotopic (exact) mass is 233 g/mol. The maximum Gasteiger partial charge on any atom is 0.114 e. The first-order valence-electron chi connectivity index (χ1n) is 5.59. The van der Waals surface area contributed by atoms with Gasteiger partial charge in [-0.25, -0.2) is 4.98 Å². The molecule has 4 heteroatoms. The second-order valence-electron chi connectivity index (χ2n) is 3.99. The summed E-state index contributed by atoms with van der Waals surface area (Å²) in [6, 6.07) is 5.82. The van der Waals surface area contributed by atoms with Crippen LogP contribution in [0.2, 0.25) is 0 Å². The fourth-order valence-electron chi connectivity index (χ4n) is 1.85. The Balaban J connectivity index is 1.91. The third kappa shape index (κ3) is 2.97. The van der Waals surface area contributed by atoms with Crippen LogP contribution in [0.5, 0.6) is 0 Å². The van der Waals surface area contributed by atoms with E-state index in [1.54, 1.807) is 18.0 Å². The lowest BCUT2D eigenvalue weighted by molar-refractivity contribution is 0.410. The molecule has 0 saturated carbocycles. The smallest absolute Gasteiger partial charge is 0.114 e. The largest absolute Gasteiger partial charge is 0.316 e. The lowest BCUT2D eigenvalue weighted by Gasteiger charge is -2.22. The Bertz CT molecular complexity index is 380. The van der Waals surface area contributed by atoms with Crippen LogP contribution in [0.15, 0.2) is 23.4 Å². The van der Waals surface area contributed by atoms with Crippen LogP contribution in [-0.2, 0) is 0 Å². The Morgan fingerprint density at radius 3 is 3.31 bits per heavy atom. The predicted molar refractivity (Wildman–Crippen MR) is 65.3 cm³/mol. The standard InChI is InChI=1S/C12H15N3S/c13-7-11-4-2-6-15-12(11)16-9-10-3-1-5-14-8-10/h2,4,6,10,14H,1,3,5,8-9H2/t10-/m0/s1. The molecule has 1 aliphatic rings. The number of hydrogen-bond acceptors (Lipinski definition) is 4. The maximum atomic E-state index is 8.94. The molecular formula is C12H15N3S. The van der Waals surface area contributed by atoms with Crippen molar-refractivity contribution in [2.24, 2.45) is 5.92 Å². The molecule has 84 valence electrons. The number of nitrogens with one attached hydrogen (secondary N) is 1. The molecule has 0 amide bonds. The molecule has 1 fully saturated rings. The highest BCUT2D eigenvalue weighted by molar-refractivity contribution is 7.99. The number of hydrogen-bond donors (Lipinski definition) is 1. The van der Waals surface area contributed by atoms with E-state index in [4.69, 9.17) is 5.26 Å². The highest BCUT2D eigenvalue weighted by Gasteiger charge is 2.14. The van der Waals surface area contributed by atoms with Gasteiger partial charge in [0.2, 0.25) is 0 Å². The zero-order valence-corrected chi connectivity index (χ0v) is 9.96. The van der Waals surface area contributed by atoms with E-state index in [9.17, 15) is 0 Å². The van der Waals surface area contributed by atoms with Crippen molar-refractivity contribution >= 4 is 11.8 Å². The summed E-state index contributed by atoms with van der Waals surface area (Å²) in [6.45, 7) is 2.25. The van der Waals surface area contributed by atoms with Crippen LogP contribution in [0.25, 0.3) is 0 Å². The van der Waals surface area contributed by atoms with Gasteiger partial charge in [-0.15, -0.1) is 11.8 Å². The quantitative estimate of drug-likeness (QED) is 0.812. The van der Waals surface area contributed by atoms with Crippen molar-refractivity contribution in [3.05, 3.63) is 23.9 Å². The number of piperidine rings is 1. The molecule has 0 radical (unpaired) electrons. The first-order valence-corrected chi connectivity index (χ1v) is 6.57. The molecular weight excluding hydrogens is 218 g/mol. The van der Waals surface area contributed by atoms with E-state index < -0.39 is 0 Å².